The highest BCUT2D eigenvalue weighted by Gasteiger charge is 2.27. The van der Waals surface area contributed by atoms with Gasteiger partial charge in [0, 0.05) is 10.5 Å². The Labute approximate surface area is 165 Å². The van der Waals surface area contributed by atoms with Crippen LogP contribution in [-0.4, -0.2) is 22.9 Å². The topological polar surface area (TPSA) is 98.5 Å². The number of hydrogen-bond acceptors (Lipinski definition) is 5. The molecule has 0 saturated carbocycles. The molecule has 1 unspecified atom stereocenters. The van der Waals surface area contributed by atoms with Crippen molar-refractivity contribution in [1.29, 1.82) is 0 Å². The standard InChI is InChI=1S/C19H19BrN2O5/c1-12(2)27-18(23)11-16(14-8-4-6-10-17(14)22(25)26)21-19(24)13-7-3-5-9-15(13)20/h3-10,12,16H,11H2,1-2H3,(H,21,24). The van der Waals surface area contributed by atoms with Crippen molar-refractivity contribution < 1.29 is 19.2 Å². The molecule has 0 saturated heterocycles. The van der Waals surface area contributed by atoms with Crippen LogP contribution >= 0.6 is 15.9 Å². The number of nitrogens with one attached hydrogen (secondary N) is 1. The SMILES string of the molecule is CC(C)OC(=O)CC(NC(=O)c1ccccc1Br)c1ccccc1[N+](=O)[O-]. The predicted octanol–water partition coefficient (Wildman–Crippen LogP) is 4.17. The van der Waals surface area contributed by atoms with Gasteiger partial charge in [-0.25, -0.2) is 0 Å². The molecule has 2 aromatic rings. The summed E-state index contributed by atoms with van der Waals surface area (Å²) in [4.78, 5) is 35.6. The van der Waals surface area contributed by atoms with Crippen LogP contribution in [0.1, 0.15) is 42.2 Å². The molecule has 0 bridgehead atoms. The number of nitro groups is 1. The number of carbonyl (C=O) groups excluding carboxylic acids is 2. The van der Waals surface area contributed by atoms with Gasteiger partial charge in [0.05, 0.1) is 34.6 Å². The van der Waals surface area contributed by atoms with Crippen LogP contribution in [0.2, 0.25) is 0 Å². The van der Waals surface area contributed by atoms with Crippen molar-refractivity contribution in [2.45, 2.75) is 32.4 Å². The van der Waals surface area contributed by atoms with E-state index in [0.717, 1.165) is 0 Å². The summed E-state index contributed by atoms with van der Waals surface area (Å²) in [6, 6.07) is 11.9. The lowest BCUT2D eigenvalue weighted by atomic mass is 10.0. The van der Waals surface area contributed by atoms with Gasteiger partial charge < -0.3 is 10.1 Å². The summed E-state index contributed by atoms with van der Waals surface area (Å²) in [6.07, 6.45) is -0.554. The number of rotatable bonds is 7. The molecular formula is C19H19BrN2O5. The van der Waals surface area contributed by atoms with Gasteiger partial charge in [-0.1, -0.05) is 30.3 Å². The van der Waals surface area contributed by atoms with E-state index in [1.54, 1.807) is 44.2 Å². The molecule has 1 N–H and O–H groups in total. The number of hydrogen-bond donors (Lipinski definition) is 1. The van der Waals surface area contributed by atoms with Gasteiger partial charge in [0.1, 0.15) is 0 Å². The van der Waals surface area contributed by atoms with Gasteiger partial charge in [-0.05, 0) is 41.9 Å². The Balaban J connectivity index is 2.36. The molecule has 8 heteroatoms. The normalized spacial score (nSPS) is 11.7. The first kappa shape index (κ1) is 20.6. The molecule has 0 aromatic heterocycles. The molecule has 0 aliphatic heterocycles. The molecule has 1 atom stereocenters. The molecule has 0 radical (unpaired) electrons. The van der Waals surface area contributed by atoms with Crippen LogP contribution in [0.25, 0.3) is 0 Å². The summed E-state index contributed by atoms with van der Waals surface area (Å²) in [6.45, 7) is 3.41. The van der Waals surface area contributed by atoms with Gasteiger partial charge in [0.15, 0.2) is 0 Å². The van der Waals surface area contributed by atoms with Crippen LogP contribution in [0.15, 0.2) is 53.0 Å². The zero-order valence-electron chi connectivity index (χ0n) is 14.8. The van der Waals surface area contributed by atoms with Gasteiger partial charge in [-0.2, -0.15) is 0 Å². The summed E-state index contributed by atoms with van der Waals surface area (Å²) in [5.41, 5.74) is 0.425. The summed E-state index contributed by atoms with van der Waals surface area (Å²) < 4.78 is 5.72. The predicted molar refractivity (Wildman–Crippen MR) is 103 cm³/mol. The monoisotopic (exact) mass is 434 g/mol. The number of benzene rings is 2. The van der Waals surface area contributed by atoms with E-state index in [-0.39, 0.29) is 23.8 Å². The zero-order chi connectivity index (χ0) is 20.0. The third-order valence-corrected chi connectivity index (χ3v) is 4.36. The van der Waals surface area contributed by atoms with Crippen LogP contribution in [0.5, 0.6) is 0 Å². The zero-order valence-corrected chi connectivity index (χ0v) is 16.4. The van der Waals surface area contributed by atoms with E-state index in [2.05, 4.69) is 21.2 Å². The number of para-hydroxylation sites is 1. The lowest BCUT2D eigenvalue weighted by molar-refractivity contribution is -0.385. The van der Waals surface area contributed by atoms with Crippen LogP contribution in [0.4, 0.5) is 5.69 Å². The fraction of sp³-hybridized carbons (Fsp3) is 0.263. The largest absolute Gasteiger partial charge is 0.463 e. The fourth-order valence-corrected chi connectivity index (χ4v) is 3.01. The van der Waals surface area contributed by atoms with E-state index in [9.17, 15) is 19.7 Å². The maximum atomic E-state index is 12.7. The van der Waals surface area contributed by atoms with E-state index >= 15 is 0 Å². The number of halogens is 1. The summed E-state index contributed by atoms with van der Waals surface area (Å²) in [5, 5.41) is 14.1. The van der Waals surface area contributed by atoms with Crippen LogP contribution in [-0.2, 0) is 9.53 Å². The maximum absolute atomic E-state index is 12.7. The highest BCUT2D eigenvalue weighted by molar-refractivity contribution is 9.10. The van der Waals surface area contributed by atoms with Crippen molar-refractivity contribution in [2.24, 2.45) is 0 Å². The molecule has 0 heterocycles. The van der Waals surface area contributed by atoms with E-state index in [0.29, 0.717) is 10.0 Å². The van der Waals surface area contributed by atoms with Crippen molar-refractivity contribution in [2.75, 3.05) is 0 Å². The number of esters is 1. The fourth-order valence-electron chi connectivity index (χ4n) is 2.55. The van der Waals surface area contributed by atoms with Crippen molar-refractivity contribution in [3.05, 3.63) is 74.2 Å². The number of nitro benzene ring substituents is 1. The minimum absolute atomic E-state index is 0.174. The number of ether oxygens (including phenoxy) is 1. The Hall–Kier alpha value is -2.74. The van der Waals surface area contributed by atoms with Crippen molar-refractivity contribution in [1.82, 2.24) is 5.32 Å². The van der Waals surface area contributed by atoms with Crippen LogP contribution in [0.3, 0.4) is 0 Å². The molecule has 1 amide bonds. The van der Waals surface area contributed by atoms with E-state index < -0.39 is 22.8 Å². The van der Waals surface area contributed by atoms with Crippen molar-refractivity contribution in [3.63, 3.8) is 0 Å². The quantitative estimate of drug-likeness (QED) is 0.400. The summed E-state index contributed by atoms with van der Waals surface area (Å²) in [5.74, 6) is -1.01. The molecule has 0 aliphatic carbocycles. The molecule has 7 nitrogen and oxygen atoms in total. The van der Waals surface area contributed by atoms with E-state index in [4.69, 9.17) is 4.74 Å². The van der Waals surface area contributed by atoms with Gasteiger partial charge in [0.25, 0.3) is 11.6 Å². The lowest BCUT2D eigenvalue weighted by Gasteiger charge is -2.20. The van der Waals surface area contributed by atoms with E-state index in [1.165, 1.54) is 18.2 Å². The Bertz CT molecular complexity index is 853. The number of carbonyl (C=O) groups is 2. The van der Waals surface area contributed by atoms with Gasteiger partial charge in [-0.3, -0.25) is 19.7 Å². The third-order valence-electron chi connectivity index (χ3n) is 3.67. The lowest BCUT2D eigenvalue weighted by Crippen LogP contribution is -2.31. The molecule has 27 heavy (non-hydrogen) atoms. The van der Waals surface area contributed by atoms with Crippen LogP contribution < -0.4 is 5.32 Å². The average molecular weight is 435 g/mol. The van der Waals surface area contributed by atoms with Gasteiger partial charge in [0.2, 0.25) is 0 Å². The minimum Gasteiger partial charge on any atom is -0.463 e. The average Bonchev–Trinajstić information content (AvgIpc) is 2.60. The van der Waals surface area contributed by atoms with Crippen LogP contribution in [0, 0.1) is 10.1 Å². The first-order chi connectivity index (χ1) is 12.8. The smallest absolute Gasteiger partial charge is 0.308 e. The molecule has 2 aromatic carbocycles. The van der Waals surface area contributed by atoms with Gasteiger partial charge in [-0.15, -0.1) is 0 Å². The number of amides is 1. The first-order valence-corrected chi connectivity index (χ1v) is 9.07. The Morgan fingerprint density at radius 1 is 1.15 bits per heavy atom. The Kier molecular flexibility index (Phi) is 7.06. The summed E-state index contributed by atoms with van der Waals surface area (Å²) in [7, 11) is 0. The van der Waals surface area contributed by atoms with Crippen molar-refractivity contribution in [3.8, 4) is 0 Å². The van der Waals surface area contributed by atoms with Crippen molar-refractivity contribution >= 4 is 33.5 Å². The maximum Gasteiger partial charge on any atom is 0.308 e. The van der Waals surface area contributed by atoms with Gasteiger partial charge >= 0.3 is 5.97 Å². The molecule has 0 spiro atoms. The second-order valence-electron chi connectivity index (χ2n) is 6.06. The highest BCUT2D eigenvalue weighted by Crippen LogP contribution is 2.28. The first-order valence-electron chi connectivity index (χ1n) is 8.27. The Morgan fingerprint density at radius 2 is 1.78 bits per heavy atom. The summed E-state index contributed by atoms with van der Waals surface area (Å²) >= 11 is 3.30. The minimum atomic E-state index is -0.905. The highest BCUT2D eigenvalue weighted by atomic mass is 79.9. The second-order valence-corrected chi connectivity index (χ2v) is 6.92. The molecule has 2 rings (SSSR count). The Morgan fingerprint density at radius 3 is 2.41 bits per heavy atom. The van der Waals surface area contributed by atoms with E-state index in [1.807, 2.05) is 0 Å². The third kappa shape index (κ3) is 5.62. The molecule has 0 fully saturated rings. The second kappa shape index (κ2) is 9.27. The molecule has 142 valence electrons. The number of nitrogens with zero attached hydrogens (tertiary/aromatic N) is 1. The molecular weight excluding hydrogens is 416 g/mol. The molecule has 0 aliphatic rings.